The lowest BCUT2D eigenvalue weighted by Crippen LogP contribution is -2.37. The predicted octanol–water partition coefficient (Wildman–Crippen LogP) is 2.05. The molecule has 19 heavy (non-hydrogen) atoms. The van der Waals surface area contributed by atoms with E-state index in [1.165, 1.54) is 0 Å². The number of nitrogens with one attached hydrogen (secondary N) is 1. The highest BCUT2D eigenvalue weighted by Gasteiger charge is 2.25. The van der Waals surface area contributed by atoms with Gasteiger partial charge in [-0.2, -0.15) is 0 Å². The fraction of sp³-hybridized carbons (Fsp3) is 0.462. The van der Waals surface area contributed by atoms with E-state index in [4.69, 9.17) is 10.3 Å². The van der Waals surface area contributed by atoms with Crippen molar-refractivity contribution in [1.29, 1.82) is 0 Å². The number of fused-ring (bicyclic) bond motifs is 1. The molecule has 0 spiro atoms. The van der Waals surface area contributed by atoms with Gasteiger partial charge in [0.15, 0.2) is 0 Å². The largest absolute Gasteiger partial charge is 0.492 e. The number of hydrogen-bond donors (Lipinski definition) is 1. The average Bonchev–Trinajstić information content (AvgIpc) is 2.46. The lowest BCUT2D eigenvalue weighted by Gasteiger charge is -2.24. The molecule has 0 aliphatic carbocycles. The highest BCUT2D eigenvalue weighted by molar-refractivity contribution is 5.79. The first-order valence-corrected chi connectivity index (χ1v) is 6.30. The minimum atomic E-state index is -0.144. The van der Waals surface area contributed by atoms with Crippen LogP contribution in [0.15, 0.2) is 29.4 Å². The third kappa shape index (κ3) is 3.63. The van der Waals surface area contributed by atoms with E-state index in [1.807, 2.05) is 24.3 Å². The summed E-state index contributed by atoms with van der Waals surface area (Å²) in [7, 11) is 0. The SMILES string of the molecule is [N-]=[N+]=NCCCNC(=O)C1COc2ccccc2C1. The normalized spacial score (nSPS) is 16.7. The van der Waals surface area contributed by atoms with Crippen LogP contribution in [0.4, 0.5) is 0 Å². The van der Waals surface area contributed by atoms with Crippen LogP contribution >= 0.6 is 0 Å². The van der Waals surface area contributed by atoms with E-state index in [1.54, 1.807) is 0 Å². The summed E-state index contributed by atoms with van der Waals surface area (Å²) in [5.74, 6) is 0.722. The van der Waals surface area contributed by atoms with Crippen LogP contribution in [-0.4, -0.2) is 25.6 Å². The quantitative estimate of drug-likeness (QED) is 0.380. The lowest BCUT2D eigenvalue weighted by molar-refractivity contribution is -0.126. The first-order chi connectivity index (χ1) is 9.31. The molecule has 6 heteroatoms. The maximum Gasteiger partial charge on any atom is 0.226 e. The Balaban J connectivity index is 1.80. The highest BCUT2D eigenvalue weighted by atomic mass is 16.5. The van der Waals surface area contributed by atoms with E-state index in [9.17, 15) is 4.79 Å². The summed E-state index contributed by atoms with van der Waals surface area (Å²) in [6, 6.07) is 7.77. The summed E-state index contributed by atoms with van der Waals surface area (Å²) in [5, 5.41) is 6.26. The zero-order chi connectivity index (χ0) is 13.5. The van der Waals surface area contributed by atoms with Crippen LogP contribution in [0.5, 0.6) is 5.75 Å². The maximum absolute atomic E-state index is 11.9. The predicted molar refractivity (Wildman–Crippen MR) is 70.8 cm³/mol. The molecule has 1 amide bonds. The molecule has 1 unspecified atom stereocenters. The topological polar surface area (TPSA) is 87.1 Å². The van der Waals surface area contributed by atoms with E-state index in [2.05, 4.69) is 15.3 Å². The second-order valence-electron chi connectivity index (χ2n) is 4.42. The lowest BCUT2D eigenvalue weighted by atomic mass is 9.96. The van der Waals surface area contributed by atoms with E-state index >= 15 is 0 Å². The molecule has 0 saturated carbocycles. The maximum atomic E-state index is 11.9. The smallest absolute Gasteiger partial charge is 0.226 e. The molecule has 1 N–H and O–H groups in total. The molecule has 1 aliphatic heterocycles. The third-order valence-electron chi connectivity index (χ3n) is 3.05. The molecular weight excluding hydrogens is 244 g/mol. The molecule has 1 aromatic carbocycles. The summed E-state index contributed by atoms with van der Waals surface area (Å²) in [5.41, 5.74) is 9.20. The number of para-hydroxylation sites is 1. The van der Waals surface area contributed by atoms with Gasteiger partial charge in [0, 0.05) is 18.0 Å². The Kier molecular flexibility index (Phi) is 4.64. The van der Waals surface area contributed by atoms with Gasteiger partial charge in [-0.15, -0.1) is 0 Å². The van der Waals surface area contributed by atoms with E-state index in [-0.39, 0.29) is 11.8 Å². The molecule has 1 aliphatic rings. The Hall–Kier alpha value is -2.20. The van der Waals surface area contributed by atoms with E-state index in [0.29, 0.717) is 32.5 Å². The van der Waals surface area contributed by atoms with Crippen LogP contribution in [0.1, 0.15) is 12.0 Å². The van der Waals surface area contributed by atoms with Crippen molar-refractivity contribution in [2.24, 2.45) is 11.0 Å². The van der Waals surface area contributed by atoms with Gasteiger partial charge in [0.2, 0.25) is 5.91 Å². The minimum absolute atomic E-state index is 0.00422. The number of rotatable bonds is 5. The number of carbonyl (C=O) groups excluding carboxylic acids is 1. The second-order valence-corrected chi connectivity index (χ2v) is 4.42. The Morgan fingerprint density at radius 2 is 2.37 bits per heavy atom. The summed E-state index contributed by atoms with van der Waals surface area (Å²) in [6.07, 6.45) is 1.36. The second kappa shape index (κ2) is 6.66. The molecule has 0 saturated heterocycles. The third-order valence-corrected chi connectivity index (χ3v) is 3.05. The zero-order valence-corrected chi connectivity index (χ0v) is 10.6. The molecule has 1 heterocycles. The Morgan fingerprint density at radius 3 is 3.21 bits per heavy atom. The van der Waals surface area contributed by atoms with Crippen molar-refractivity contribution in [2.75, 3.05) is 19.7 Å². The van der Waals surface area contributed by atoms with Gasteiger partial charge in [0.05, 0.1) is 5.92 Å². The van der Waals surface area contributed by atoms with E-state index in [0.717, 1.165) is 11.3 Å². The Bertz CT molecular complexity index is 497. The first kappa shape index (κ1) is 13.2. The molecule has 1 atom stereocenters. The van der Waals surface area contributed by atoms with Crippen molar-refractivity contribution in [1.82, 2.24) is 5.32 Å². The van der Waals surface area contributed by atoms with E-state index < -0.39 is 0 Å². The summed E-state index contributed by atoms with van der Waals surface area (Å²) < 4.78 is 5.57. The molecule has 1 aromatic rings. The molecule has 0 bridgehead atoms. The molecule has 0 aromatic heterocycles. The minimum Gasteiger partial charge on any atom is -0.492 e. The molecule has 2 rings (SSSR count). The molecule has 0 fully saturated rings. The number of hydrogen-bond acceptors (Lipinski definition) is 3. The van der Waals surface area contributed by atoms with Gasteiger partial charge in [0.1, 0.15) is 12.4 Å². The van der Waals surface area contributed by atoms with Gasteiger partial charge < -0.3 is 10.1 Å². The van der Waals surface area contributed by atoms with Crippen LogP contribution in [-0.2, 0) is 11.2 Å². The van der Waals surface area contributed by atoms with Gasteiger partial charge in [-0.25, -0.2) is 0 Å². The number of amides is 1. The number of nitrogens with zero attached hydrogens (tertiary/aromatic N) is 3. The fourth-order valence-corrected chi connectivity index (χ4v) is 2.05. The molecule has 100 valence electrons. The number of carbonyl (C=O) groups is 1. The van der Waals surface area contributed by atoms with Crippen LogP contribution in [0.25, 0.3) is 10.4 Å². The number of ether oxygens (including phenoxy) is 1. The van der Waals surface area contributed by atoms with Crippen molar-refractivity contribution in [3.63, 3.8) is 0 Å². The summed E-state index contributed by atoms with van der Waals surface area (Å²) >= 11 is 0. The van der Waals surface area contributed by atoms with Gasteiger partial charge >= 0.3 is 0 Å². The summed E-state index contributed by atoms with van der Waals surface area (Å²) in [6.45, 7) is 1.34. The van der Waals surface area contributed by atoms with Crippen LogP contribution < -0.4 is 10.1 Å². The van der Waals surface area contributed by atoms with Crippen molar-refractivity contribution >= 4 is 5.91 Å². The number of azide groups is 1. The molecule has 6 nitrogen and oxygen atoms in total. The standard InChI is InChI=1S/C13H16N4O2/c14-17-16-7-3-6-15-13(18)11-8-10-4-1-2-5-12(10)19-9-11/h1-2,4-5,11H,3,6-9H2,(H,15,18). The highest BCUT2D eigenvalue weighted by Crippen LogP contribution is 2.26. The van der Waals surface area contributed by atoms with Gasteiger partial charge in [-0.05, 0) is 30.0 Å². The van der Waals surface area contributed by atoms with Crippen molar-refractivity contribution < 1.29 is 9.53 Å². The van der Waals surface area contributed by atoms with Crippen molar-refractivity contribution in [3.8, 4) is 5.75 Å². The fourth-order valence-electron chi connectivity index (χ4n) is 2.05. The van der Waals surface area contributed by atoms with Crippen LogP contribution in [0.2, 0.25) is 0 Å². The molecular formula is C13H16N4O2. The van der Waals surface area contributed by atoms with Crippen molar-refractivity contribution in [3.05, 3.63) is 40.3 Å². The van der Waals surface area contributed by atoms with Crippen LogP contribution in [0.3, 0.4) is 0 Å². The summed E-state index contributed by atoms with van der Waals surface area (Å²) in [4.78, 5) is 14.6. The van der Waals surface area contributed by atoms with Crippen molar-refractivity contribution in [2.45, 2.75) is 12.8 Å². The van der Waals surface area contributed by atoms with Gasteiger partial charge in [-0.3, -0.25) is 4.79 Å². The monoisotopic (exact) mass is 260 g/mol. The molecule has 0 radical (unpaired) electrons. The Morgan fingerprint density at radius 1 is 1.53 bits per heavy atom. The average molecular weight is 260 g/mol. The zero-order valence-electron chi connectivity index (χ0n) is 10.6. The van der Waals surface area contributed by atoms with Crippen LogP contribution in [0, 0.1) is 5.92 Å². The van der Waals surface area contributed by atoms with Gasteiger partial charge in [0.25, 0.3) is 0 Å². The van der Waals surface area contributed by atoms with Gasteiger partial charge in [-0.1, -0.05) is 23.3 Å². The number of benzene rings is 1. The first-order valence-electron chi connectivity index (χ1n) is 6.30. The Labute approximate surface area is 111 Å².